The Kier molecular flexibility index (Phi) is 4.00. The Morgan fingerprint density at radius 2 is 1.68 bits per heavy atom. The van der Waals surface area contributed by atoms with E-state index in [2.05, 4.69) is 88.4 Å². The quantitative estimate of drug-likeness (QED) is 0.573. The molecular formula is C25H26. The van der Waals surface area contributed by atoms with Crippen LogP contribution in [0.1, 0.15) is 59.6 Å². The molecule has 0 bridgehead atoms. The number of benzene rings is 2. The molecule has 126 valence electrons. The summed E-state index contributed by atoms with van der Waals surface area (Å²) in [6.45, 7) is 8.96. The first-order valence-corrected chi connectivity index (χ1v) is 9.33. The lowest BCUT2D eigenvalue weighted by atomic mass is 9.89. The van der Waals surface area contributed by atoms with Gasteiger partial charge in [0.1, 0.15) is 0 Å². The summed E-state index contributed by atoms with van der Waals surface area (Å²) in [6.07, 6.45) is 10.4. The maximum Gasteiger partial charge on any atom is 0.00502 e. The summed E-state index contributed by atoms with van der Waals surface area (Å²) in [5.41, 5.74) is 11.0. The van der Waals surface area contributed by atoms with Crippen LogP contribution in [0.25, 0.3) is 17.2 Å². The monoisotopic (exact) mass is 326 g/mol. The lowest BCUT2D eigenvalue weighted by molar-refractivity contribution is 0.584. The van der Waals surface area contributed by atoms with Crippen LogP contribution in [0.2, 0.25) is 0 Å². The minimum Gasteiger partial charge on any atom is -0.0761 e. The second-order valence-electron chi connectivity index (χ2n) is 7.88. The van der Waals surface area contributed by atoms with E-state index in [9.17, 15) is 0 Å². The third-order valence-electron chi connectivity index (χ3n) is 5.44. The predicted octanol–water partition coefficient (Wildman–Crippen LogP) is 6.94. The first kappa shape index (κ1) is 16.1. The lowest BCUT2D eigenvalue weighted by Gasteiger charge is -2.15. The molecule has 4 rings (SSSR count). The van der Waals surface area contributed by atoms with Crippen LogP contribution in [0.5, 0.6) is 0 Å². The molecule has 0 saturated heterocycles. The average Bonchev–Trinajstić information content (AvgIpc) is 3.20. The van der Waals surface area contributed by atoms with Crippen LogP contribution >= 0.6 is 0 Å². The van der Waals surface area contributed by atoms with Crippen molar-refractivity contribution in [2.45, 2.75) is 40.0 Å². The molecule has 2 aliphatic rings. The van der Waals surface area contributed by atoms with Crippen LogP contribution in [0, 0.1) is 19.8 Å². The Balaban J connectivity index is 1.64. The van der Waals surface area contributed by atoms with E-state index in [1.165, 1.54) is 44.5 Å². The maximum atomic E-state index is 2.37. The summed E-state index contributed by atoms with van der Waals surface area (Å²) in [4.78, 5) is 0. The molecule has 0 saturated carbocycles. The predicted molar refractivity (Wildman–Crippen MR) is 110 cm³/mol. The van der Waals surface area contributed by atoms with Crippen molar-refractivity contribution >= 4 is 17.2 Å². The van der Waals surface area contributed by atoms with Crippen LogP contribution in [0.4, 0.5) is 0 Å². The van der Waals surface area contributed by atoms with Crippen LogP contribution in [-0.2, 0) is 0 Å². The van der Waals surface area contributed by atoms with Crippen molar-refractivity contribution in [3.8, 4) is 0 Å². The van der Waals surface area contributed by atoms with E-state index >= 15 is 0 Å². The van der Waals surface area contributed by atoms with Gasteiger partial charge in [-0.15, -0.1) is 0 Å². The third kappa shape index (κ3) is 3.02. The smallest absolute Gasteiger partial charge is 0.00502 e. The van der Waals surface area contributed by atoms with E-state index in [-0.39, 0.29) is 0 Å². The van der Waals surface area contributed by atoms with Crippen molar-refractivity contribution in [2.75, 3.05) is 0 Å². The Morgan fingerprint density at radius 3 is 2.40 bits per heavy atom. The highest BCUT2D eigenvalue weighted by atomic mass is 14.3. The third-order valence-corrected chi connectivity index (χ3v) is 5.44. The van der Waals surface area contributed by atoms with Crippen LogP contribution in [-0.4, -0.2) is 0 Å². The van der Waals surface area contributed by atoms with Crippen molar-refractivity contribution in [1.29, 1.82) is 0 Å². The first-order valence-electron chi connectivity index (χ1n) is 9.33. The van der Waals surface area contributed by atoms with Gasteiger partial charge in [0, 0.05) is 5.92 Å². The van der Waals surface area contributed by atoms with E-state index in [1.54, 1.807) is 0 Å². The summed E-state index contributed by atoms with van der Waals surface area (Å²) >= 11 is 0. The SMILES string of the molecule is Cc1cc(C)cc(C2=CC(c3ccc4c(c3)C=CC4C(C)C)=CC2)c1. The van der Waals surface area contributed by atoms with Crippen molar-refractivity contribution in [2.24, 2.45) is 5.92 Å². The van der Waals surface area contributed by atoms with Gasteiger partial charge < -0.3 is 0 Å². The number of allylic oxidation sites excluding steroid dienone is 5. The summed E-state index contributed by atoms with van der Waals surface area (Å²) in [6, 6.07) is 13.8. The van der Waals surface area contributed by atoms with Gasteiger partial charge in [-0.3, -0.25) is 0 Å². The molecule has 0 aliphatic heterocycles. The maximum absolute atomic E-state index is 2.37. The van der Waals surface area contributed by atoms with Crippen LogP contribution in [0.3, 0.4) is 0 Å². The lowest BCUT2D eigenvalue weighted by Crippen LogP contribution is -2.01. The summed E-state index contributed by atoms with van der Waals surface area (Å²) in [7, 11) is 0. The van der Waals surface area contributed by atoms with Gasteiger partial charge in [-0.05, 0) is 65.7 Å². The minimum absolute atomic E-state index is 0.572. The van der Waals surface area contributed by atoms with Crippen molar-refractivity contribution in [3.05, 3.63) is 88.0 Å². The van der Waals surface area contributed by atoms with E-state index in [0.717, 1.165) is 6.42 Å². The van der Waals surface area contributed by atoms with E-state index in [0.29, 0.717) is 11.8 Å². The Bertz CT molecular complexity index is 899. The highest BCUT2D eigenvalue weighted by Crippen LogP contribution is 2.38. The molecule has 0 fully saturated rings. The fraction of sp³-hybridized carbons (Fsp3) is 0.280. The highest BCUT2D eigenvalue weighted by molar-refractivity contribution is 5.90. The average molecular weight is 326 g/mol. The van der Waals surface area contributed by atoms with Gasteiger partial charge in [0.2, 0.25) is 0 Å². The van der Waals surface area contributed by atoms with Gasteiger partial charge in [-0.2, -0.15) is 0 Å². The zero-order chi connectivity index (χ0) is 17.6. The number of hydrogen-bond acceptors (Lipinski definition) is 0. The molecule has 0 amide bonds. The molecule has 0 aromatic heterocycles. The van der Waals surface area contributed by atoms with Crippen LogP contribution in [0.15, 0.2) is 54.6 Å². The van der Waals surface area contributed by atoms with Gasteiger partial charge in [-0.1, -0.05) is 79.6 Å². The molecule has 0 heterocycles. The molecule has 0 spiro atoms. The molecule has 0 N–H and O–H groups in total. The molecule has 2 aromatic carbocycles. The number of hydrogen-bond donors (Lipinski definition) is 0. The van der Waals surface area contributed by atoms with Crippen molar-refractivity contribution in [3.63, 3.8) is 0 Å². The Labute approximate surface area is 151 Å². The molecule has 0 nitrogen and oxygen atoms in total. The van der Waals surface area contributed by atoms with Gasteiger partial charge in [0.15, 0.2) is 0 Å². The second kappa shape index (κ2) is 6.19. The molecule has 25 heavy (non-hydrogen) atoms. The van der Waals surface area contributed by atoms with Crippen LogP contribution < -0.4 is 0 Å². The molecule has 1 atom stereocenters. The number of aryl methyl sites for hydroxylation is 2. The standard InChI is InChI=1S/C25H26/c1-16(2)24-9-8-22-15-20(7-10-25(22)24)19-5-6-21(14-19)23-12-17(3)11-18(4)13-23/h5,7-16,24H,6H2,1-4H3. The van der Waals surface area contributed by atoms with E-state index in [1.807, 2.05) is 0 Å². The van der Waals surface area contributed by atoms with Gasteiger partial charge in [0.25, 0.3) is 0 Å². The van der Waals surface area contributed by atoms with E-state index < -0.39 is 0 Å². The number of fused-ring (bicyclic) bond motifs is 1. The Hall–Kier alpha value is -2.34. The fourth-order valence-corrected chi connectivity index (χ4v) is 4.18. The molecule has 0 radical (unpaired) electrons. The van der Waals surface area contributed by atoms with Crippen molar-refractivity contribution in [1.82, 2.24) is 0 Å². The molecule has 1 unspecified atom stereocenters. The van der Waals surface area contributed by atoms with Gasteiger partial charge in [0.05, 0.1) is 0 Å². The normalized spacial score (nSPS) is 18.5. The molecule has 0 heteroatoms. The summed E-state index contributed by atoms with van der Waals surface area (Å²) in [5, 5.41) is 0. The minimum atomic E-state index is 0.572. The first-order chi connectivity index (χ1) is 12.0. The van der Waals surface area contributed by atoms with Crippen molar-refractivity contribution < 1.29 is 0 Å². The molecular weight excluding hydrogens is 300 g/mol. The molecule has 2 aliphatic carbocycles. The summed E-state index contributed by atoms with van der Waals surface area (Å²) in [5.74, 6) is 1.23. The fourth-order valence-electron chi connectivity index (χ4n) is 4.18. The zero-order valence-corrected chi connectivity index (χ0v) is 15.6. The zero-order valence-electron chi connectivity index (χ0n) is 15.6. The van der Waals surface area contributed by atoms with Gasteiger partial charge >= 0.3 is 0 Å². The second-order valence-corrected chi connectivity index (χ2v) is 7.88. The Morgan fingerprint density at radius 1 is 0.920 bits per heavy atom. The highest BCUT2D eigenvalue weighted by Gasteiger charge is 2.21. The van der Waals surface area contributed by atoms with E-state index in [4.69, 9.17) is 0 Å². The number of rotatable bonds is 3. The molecule has 2 aromatic rings. The largest absolute Gasteiger partial charge is 0.0761 e. The van der Waals surface area contributed by atoms with Gasteiger partial charge in [-0.25, -0.2) is 0 Å². The topological polar surface area (TPSA) is 0 Å². The summed E-state index contributed by atoms with van der Waals surface area (Å²) < 4.78 is 0.